The first-order valence-electron chi connectivity index (χ1n) is 10.2. The molecular formula is C24H23ClN4O2. The highest BCUT2D eigenvalue weighted by molar-refractivity contribution is 6.30. The van der Waals surface area contributed by atoms with Gasteiger partial charge < -0.3 is 14.5 Å². The van der Waals surface area contributed by atoms with Crippen molar-refractivity contribution in [1.29, 1.82) is 5.26 Å². The van der Waals surface area contributed by atoms with Crippen LogP contribution in [-0.2, 0) is 4.74 Å². The Morgan fingerprint density at radius 2 is 1.84 bits per heavy atom. The number of nitriles is 1. The van der Waals surface area contributed by atoms with E-state index in [0.29, 0.717) is 36.6 Å². The van der Waals surface area contributed by atoms with Crippen molar-refractivity contribution in [2.24, 2.45) is 0 Å². The van der Waals surface area contributed by atoms with Gasteiger partial charge in [0.25, 0.3) is 0 Å². The van der Waals surface area contributed by atoms with Crippen LogP contribution >= 0.6 is 11.6 Å². The number of ether oxygens (including phenoxy) is 1. The van der Waals surface area contributed by atoms with E-state index in [9.17, 15) is 5.26 Å². The van der Waals surface area contributed by atoms with Gasteiger partial charge in [-0.25, -0.2) is 0 Å². The van der Waals surface area contributed by atoms with Crippen LogP contribution in [-0.4, -0.2) is 42.7 Å². The Hall–Kier alpha value is -3.11. The second kappa shape index (κ2) is 10.3. The van der Waals surface area contributed by atoms with Gasteiger partial charge in [-0.05, 0) is 29.3 Å². The fourth-order valence-corrected chi connectivity index (χ4v) is 3.68. The van der Waals surface area contributed by atoms with Crippen LogP contribution < -0.4 is 5.32 Å². The van der Waals surface area contributed by atoms with Crippen LogP contribution in [0.3, 0.4) is 0 Å². The van der Waals surface area contributed by atoms with Gasteiger partial charge in [0.15, 0.2) is 0 Å². The highest BCUT2D eigenvalue weighted by atomic mass is 35.5. The first-order chi connectivity index (χ1) is 15.2. The maximum Gasteiger partial charge on any atom is 0.232 e. The summed E-state index contributed by atoms with van der Waals surface area (Å²) in [5.74, 6) is 0.764. The number of rotatable bonds is 7. The largest absolute Gasteiger partial charge is 0.420 e. The molecule has 1 atom stereocenters. The molecule has 0 saturated carbocycles. The van der Waals surface area contributed by atoms with Crippen LogP contribution in [0.5, 0.6) is 0 Å². The Morgan fingerprint density at radius 3 is 2.55 bits per heavy atom. The average Bonchev–Trinajstić information content (AvgIpc) is 3.22. The summed E-state index contributed by atoms with van der Waals surface area (Å²) in [6, 6.07) is 19.9. The molecule has 6 nitrogen and oxygen atoms in total. The van der Waals surface area contributed by atoms with Crippen molar-refractivity contribution in [3.63, 3.8) is 0 Å². The minimum Gasteiger partial charge on any atom is -0.420 e. The third-order valence-corrected chi connectivity index (χ3v) is 5.42. The van der Waals surface area contributed by atoms with Gasteiger partial charge in [-0.15, -0.1) is 0 Å². The normalized spacial score (nSPS) is 15.6. The topological polar surface area (TPSA) is 74.3 Å². The zero-order valence-corrected chi connectivity index (χ0v) is 17.8. The lowest BCUT2D eigenvalue weighted by molar-refractivity contribution is 0.0186. The lowest BCUT2D eigenvalue weighted by Crippen LogP contribution is -2.41. The van der Waals surface area contributed by atoms with Crippen LogP contribution in [0.15, 0.2) is 59.0 Å². The lowest BCUT2D eigenvalue weighted by Gasteiger charge is -2.34. The van der Waals surface area contributed by atoms with Crippen molar-refractivity contribution in [3.05, 3.63) is 82.3 Å². The molecule has 2 heterocycles. The van der Waals surface area contributed by atoms with Crippen LogP contribution in [0, 0.1) is 11.3 Å². The summed E-state index contributed by atoms with van der Waals surface area (Å²) in [6.45, 7) is 3.63. The molecule has 1 aliphatic rings. The third-order valence-electron chi connectivity index (χ3n) is 5.16. The number of nitrogens with zero attached hydrogens (tertiary/aromatic N) is 3. The van der Waals surface area contributed by atoms with Crippen LogP contribution in [0.25, 0.3) is 12.2 Å². The molecule has 1 aliphatic heterocycles. The number of morpholine rings is 1. The van der Waals surface area contributed by atoms with E-state index in [1.165, 1.54) is 0 Å². The van der Waals surface area contributed by atoms with Crippen molar-refractivity contribution >= 4 is 29.6 Å². The first-order valence-corrected chi connectivity index (χ1v) is 10.6. The first kappa shape index (κ1) is 21.1. The van der Waals surface area contributed by atoms with E-state index in [4.69, 9.17) is 20.8 Å². The van der Waals surface area contributed by atoms with E-state index in [1.54, 1.807) is 6.08 Å². The Kier molecular flexibility index (Phi) is 7.00. The van der Waals surface area contributed by atoms with Crippen LogP contribution in [0.2, 0.25) is 5.02 Å². The lowest BCUT2D eigenvalue weighted by atomic mass is 10.0. The fourth-order valence-electron chi connectivity index (χ4n) is 3.56. The summed E-state index contributed by atoms with van der Waals surface area (Å²) in [6.07, 6.45) is 3.67. The molecule has 1 fully saturated rings. The highest BCUT2D eigenvalue weighted by Crippen LogP contribution is 2.26. The molecular weight excluding hydrogens is 412 g/mol. The van der Waals surface area contributed by atoms with E-state index < -0.39 is 0 Å². The SMILES string of the molecule is N#Cc1nc(/C=C/c2ccccc2)oc1NC[C@@H](c1ccc(Cl)cc1)N1CCOCC1. The smallest absolute Gasteiger partial charge is 0.232 e. The van der Waals surface area contributed by atoms with E-state index in [-0.39, 0.29) is 11.7 Å². The van der Waals surface area contributed by atoms with Gasteiger partial charge in [-0.2, -0.15) is 10.2 Å². The maximum absolute atomic E-state index is 9.50. The molecule has 0 amide bonds. The van der Waals surface area contributed by atoms with E-state index in [0.717, 1.165) is 24.2 Å². The average molecular weight is 435 g/mol. The number of nitrogens with one attached hydrogen (secondary N) is 1. The minimum atomic E-state index is 0.0844. The zero-order chi connectivity index (χ0) is 21.5. The molecule has 158 valence electrons. The Morgan fingerprint density at radius 1 is 1.10 bits per heavy atom. The molecule has 3 aromatic rings. The molecule has 0 spiro atoms. The Labute approximate surface area is 186 Å². The van der Waals surface area contributed by atoms with Gasteiger partial charge in [-0.1, -0.05) is 54.1 Å². The van der Waals surface area contributed by atoms with E-state index in [1.807, 2.05) is 60.7 Å². The molecule has 1 N–H and O–H groups in total. The van der Waals surface area contributed by atoms with Crippen LogP contribution in [0.1, 0.15) is 28.8 Å². The quantitative estimate of drug-likeness (QED) is 0.572. The van der Waals surface area contributed by atoms with Gasteiger partial charge in [0.05, 0.1) is 19.3 Å². The molecule has 1 saturated heterocycles. The summed E-state index contributed by atoms with van der Waals surface area (Å²) in [4.78, 5) is 6.65. The predicted molar refractivity (Wildman–Crippen MR) is 122 cm³/mol. The number of anilines is 1. The molecule has 0 radical (unpaired) electrons. The standard InChI is InChI=1S/C24H23ClN4O2/c25-20-9-7-19(8-10-20)22(29-12-14-30-15-13-29)17-27-24-21(16-26)28-23(31-24)11-6-18-4-2-1-3-5-18/h1-11,22,27H,12-15,17H2/b11-6+/t22-/m0/s1. The molecule has 31 heavy (non-hydrogen) atoms. The Bertz CT molecular complexity index is 1050. The number of hydrogen-bond donors (Lipinski definition) is 1. The summed E-state index contributed by atoms with van der Waals surface area (Å²) in [7, 11) is 0. The summed E-state index contributed by atoms with van der Waals surface area (Å²) >= 11 is 6.08. The molecule has 0 aliphatic carbocycles. The molecule has 4 rings (SSSR count). The summed E-state index contributed by atoms with van der Waals surface area (Å²) < 4.78 is 11.3. The molecule has 0 unspecified atom stereocenters. The second-order valence-corrected chi connectivity index (χ2v) is 7.62. The summed E-state index contributed by atoms with van der Waals surface area (Å²) in [5, 5.41) is 13.5. The van der Waals surface area contributed by atoms with Crippen molar-refractivity contribution < 1.29 is 9.15 Å². The number of benzene rings is 2. The fraction of sp³-hybridized carbons (Fsp3) is 0.250. The minimum absolute atomic E-state index is 0.0844. The zero-order valence-electron chi connectivity index (χ0n) is 17.0. The monoisotopic (exact) mass is 434 g/mol. The molecule has 0 bridgehead atoms. The summed E-state index contributed by atoms with van der Waals surface area (Å²) in [5.41, 5.74) is 2.41. The number of aromatic nitrogens is 1. The second-order valence-electron chi connectivity index (χ2n) is 7.18. The molecule has 2 aromatic carbocycles. The van der Waals surface area contributed by atoms with Crippen LogP contribution in [0.4, 0.5) is 5.88 Å². The molecule has 7 heteroatoms. The predicted octanol–water partition coefficient (Wildman–Crippen LogP) is 4.86. The van der Waals surface area contributed by atoms with Gasteiger partial charge >= 0.3 is 0 Å². The third kappa shape index (κ3) is 5.53. The van der Waals surface area contributed by atoms with Gasteiger partial charge in [0.2, 0.25) is 17.5 Å². The van der Waals surface area contributed by atoms with Crippen molar-refractivity contribution in [1.82, 2.24) is 9.88 Å². The van der Waals surface area contributed by atoms with Crippen molar-refractivity contribution in [3.8, 4) is 6.07 Å². The van der Waals surface area contributed by atoms with E-state index in [2.05, 4.69) is 21.3 Å². The van der Waals surface area contributed by atoms with Gasteiger partial charge in [0, 0.05) is 30.7 Å². The Balaban J connectivity index is 1.51. The number of halogens is 1. The number of hydrogen-bond acceptors (Lipinski definition) is 6. The van der Waals surface area contributed by atoms with E-state index >= 15 is 0 Å². The van der Waals surface area contributed by atoms with Crippen molar-refractivity contribution in [2.45, 2.75) is 6.04 Å². The maximum atomic E-state index is 9.50. The number of oxazole rings is 1. The van der Waals surface area contributed by atoms with Gasteiger partial charge in [0.1, 0.15) is 6.07 Å². The van der Waals surface area contributed by atoms with Crippen molar-refractivity contribution in [2.75, 3.05) is 38.2 Å². The van der Waals surface area contributed by atoms with Gasteiger partial charge in [-0.3, -0.25) is 4.90 Å². The highest BCUT2D eigenvalue weighted by Gasteiger charge is 2.24. The molecule has 1 aromatic heterocycles.